The van der Waals surface area contributed by atoms with Crippen LogP contribution in [0.4, 0.5) is 0 Å². The Morgan fingerprint density at radius 2 is 2.18 bits per heavy atom. The van der Waals surface area contributed by atoms with E-state index in [4.69, 9.17) is 5.73 Å². The van der Waals surface area contributed by atoms with Gasteiger partial charge >= 0.3 is 0 Å². The molecule has 0 heterocycles. The number of hydrogen-bond acceptors (Lipinski definition) is 2. The van der Waals surface area contributed by atoms with E-state index in [0.29, 0.717) is 0 Å². The lowest BCUT2D eigenvalue weighted by Crippen LogP contribution is -2.12. The SMILES string of the molecule is C=CCC/C=C(/N=C)C(N)=O. The predicted molar refractivity (Wildman–Crippen MR) is 46.3 cm³/mol. The number of hydrogen-bond donors (Lipinski definition) is 1. The van der Waals surface area contributed by atoms with Crippen LogP contribution in [0.15, 0.2) is 29.4 Å². The lowest BCUT2D eigenvalue weighted by molar-refractivity contribution is -0.114. The zero-order chi connectivity index (χ0) is 8.69. The van der Waals surface area contributed by atoms with Crippen molar-refractivity contribution < 1.29 is 4.79 Å². The number of nitrogens with zero attached hydrogens (tertiary/aromatic N) is 1. The van der Waals surface area contributed by atoms with Crippen LogP contribution in [0.1, 0.15) is 12.8 Å². The molecule has 0 unspecified atom stereocenters. The van der Waals surface area contributed by atoms with Crippen molar-refractivity contribution in [3.05, 3.63) is 24.4 Å². The first kappa shape index (κ1) is 9.62. The van der Waals surface area contributed by atoms with Crippen molar-refractivity contribution in [1.29, 1.82) is 0 Å². The van der Waals surface area contributed by atoms with Crippen molar-refractivity contribution in [3.63, 3.8) is 0 Å². The Kier molecular flexibility index (Phi) is 4.73. The summed E-state index contributed by atoms with van der Waals surface area (Å²) < 4.78 is 0. The van der Waals surface area contributed by atoms with Gasteiger partial charge < -0.3 is 5.73 Å². The van der Waals surface area contributed by atoms with Crippen LogP contribution in [0.25, 0.3) is 0 Å². The molecule has 0 fully saturated rings. The molecule has 1 amide bonds. The summed E-state index contributed by atoms with van der Waals surface area (Å²) in [5.41, 5.74) is 5.19. The minimum atomic E-state index is -0.538. The molecule has 60 valence electrons. The van der Waals surface area contributed by atoms with Crippen molar-refractivity contribution >= 4 is 12.6 Å². The lowest BCUT2D eigenvalue weighted by Gasteiger charge is -1.92. The minimum absolute atomic E-state index is 0.229. The first-order valence-electron chi connectivity index (χ1n) is 3.30. The number of nitrogens with two attached hydrogens (primary N) is 1. The van der Waals surface area contributed by atoms with E-state index < -0.39 is 5.91 Å². The summed E-state index contributed by atoms with van der Waals surface area (Å²) in [5, 5.41) is 0. The van der Waals surface area contributed by atoms with Crippen LogP contribution < -0.4 is 5.73 Å². The molecule has 0 aromatic carbocycles. The highest BCUT2D eigenvalue weighted by molar-refractivity contribution is 5.92. The quantitative estimate of drug-likeness (QED) is 0.272. The molecule has 0 bridgehead atoms. The fourth-order valence-corrected chi connectivity index (χ4v) is 0.581. The van der Waals surface area contributed by atoms with Crippen LogP contribution in [0.3, 0.4) is 0 Å². The molecule has 0 aromatic rings. The van der Waals surface area contributed by atoms with Gasteiger partial charge in [0, 0.05) is 0 Å². The van der Waals surface area contributed by atoms with Crippen molar-refractivity contribution in [1.82, 2.24) is 0 Å². The van der Waals surface area contributed by atoms with Crippen LogP contribution in [-0.4, -0.2) is 12.6 Å². The summed E-state index contributed by atoms with van der Waals surface area (Å²) in [7, 11) is 0. The molecule has 0 aliphatic carbocycles. The Bertz CT molecular complexity index is 194. The number of rotatable bonds is 5. The second-order valence-corrected chi connectivity index (χ2v) is 1.98. The van der Waals surface area contributed by atoms with Crippen molar-refractivity contribution in [3.8, 4) is 0 Å². The van der Waals surface area contributed by atoms with Gasteiger partial charge in [-0.15, -0.1) is 6.58 Å². The molecule has 3 heteroatoms. The second-order valence-electron chi connectivity index (χ2n) is 1.98. The van der Waals surface area contributed by atoms with Crippen molar-refractivity contribution in [2.24, 2.45) is 10.7 Å². The Balaban J connectivity index is 4.01. The van der Waals surface area contributed by atoms with E-state index in [1.165, 1.54) is 0 Å². The summed E-state index contributed by atoms with van der Waals surface area (Å²) in [6, 6.07) is 0. The maximum absolute atomic E-state index is 10.5. The van der Waals surface area contributed by atoms with Gasteiger partial charge in [0.05, 0.1) is 0 Å². The molecular weight excluding hydrogens is 140 g/mol. The molecule has 0 rings (SSSR count). The van der Waals surface area contributed by atoms with Crippen LogP contribution in [0.2, 0.25) is 0 Å². The van der Waals surface area contributed by atoms with Gasteiger partial charge in [0.1, 0.15) is 5.70 Å². The van der Waals surface area contributed by atoms with Gasteiger partial charge in [-0.1, -0.05) is 12.2 Å². The molecule has 0 spiro atoms. The molecule has 2 N–H and O–H groups in total. The summed E-state index contributed by atoms with van der Waals surface area (Å²) in [6.07, 6.45) is 4.95. The number of aliphatic imine (C=N–C) groups is 1. The van der Waals surface area contributed by atoms with Gasteiger partial charge in [0.25, 0.3) is 5.91 Å². The average Bonchev–Trinajstić information content (AvgIpc) is 1.97. The van der Waals surface area contributed by atoms with Crippen LogP contribution in [0.5, 0.6) is 0 Å². The van der Waals surface area contributed by atoms with Gasteiger partial charge in [-0.05, 0) is 19.6 Å². The number of allylic oxidation sites excluding steroid dienone is 2. The first-order chi connectivity index (χ1) is 5.22. The molecule has 0 saturated heterocycles. The molecule has 0 aromatic heterocycles. The van der Waals surface area contributed by atoms with E-state index in [2.05, 4.69) is 18.3 Å². The summed E-state index contributed by atoms with van der Waals surface area (Å²) >= 11 is 0. The van der Waals surface area contributed by atoms with Gasteiger partial charge in [-0.3, -0.25) is 9.79 Å². The normalized spacial score (nSPS) is 10.7. The monoisotopic (exact) mass is 152 g/mol. The molecule has 11 heavy (non-hydrogen) atoms. The number of carbonyl (C=O) groups excluding carboxylic acids is 1. The van der Waals surface area contributed by atoms with Gasteiger partial charge in [0.2, 0.25) is 0 Å². The first-order valence-corrected chi connectivity index (χ1v) is 3.30. The van der Waals surface area contributed by atoms with E-state index in [0.717, 1.165) is 12.8 Å². The number of amides is 1. The van der Waals surface area contributed by atoms with Crippen LogP contribution in [0, 0.1) is 0 Å². The summed E-state index contributed by atoms with van der Waals surface area (Å²) in [5.74, 6) is -0.538. The highest BCUT2D eigenvalue weighted by atomic mass is 16.1. The molecule has 0 saturated carbocycles. The van der Waals surface area contributed by atoms with E-state index in [9.17, 15) is 4.79 Å². The third-order valence-electron chi connectivity index (χ3n) is 1.13. The molecule has 0 aliphatic rings. The zero-order valence-electron chi connectivity index (χ0n) is 6.42. The molecule has 0 atom stereocenters. The van der Waals surface area contributed by atoms with Gasteiger partial charge in [-0.25, -0.2) is 0 Å². The second kappa shape index (κ2) is 5.41. The van der Waals surface area contributed by atoms with E-state index >= 15 is 0 Å². The Morgan fingerprint density at radius 1 is 1.55 bits per heavy atom. The number of unbranched alkanes of at least 4 members (excludes halogenated alkanes) is 1. The third-order valence-corrected chi connectivity index (χ3v) is 1.13. The van der Waals surface area contributed by atoms with Crippen molar-refractivity contribution in [2.75, 3.05) is 0 Å². The van der Waals surface area contributed by atoms with E-state index in [1.807, 2.05) is 0 Å². The van der Waals surface area contributed by atoms with Crippen molar-refractivity contribution in [2.45, 2.75) is 12.8 Å². The number of primary amides is 1. The standard InChI is InChI=1S/C8H12N2O/c1-3-4-5-6-7(10-2)8(9)11/h3,6H,1-2,4-5H2,(H2,9,11)/b7-6+. The zero-order valence-corrected chi connectivity index (χ0v) is 6.42. The summed E-state index contributed by atoms with van der Waals surface area (Å²) in [4.78, 5) is 14.0. The molecule has 0 radical (unpaired) electrons. The third kappa shape index (κ3) is 4.08. The average molecular weight is 152 g/mol. The highest BCUT2D eigenvalue weighted by Gasteiger charge is 1.98. The smallest absolute Gasteiger partial charge is 0.266 e. The Labute approximate surface area is 66.3 Å². The minimum Gasteiger partial charge on any atom is -0.364 e. The van der Waals surface area contributed by atoms with E-state index in [1.54, 1.807) is 12.2 Å². The topological polar surface area (TPSA) is 55.4 Å². The van der Waals surface area contributed by atoms with Gasteiger partial charge in [0.15, 0.2) is 0 Å². The fraction of sp³-hybridized carbons (Fsp3) is 0.250. The van der Waals surface area contributed by atoms with E-state index in [-0.39, 0.29) is 5.70 Å². The maximum atomic E-state index is 10.5. The summed E-state index contributed by atoms with van der Waals surface area (Å²) in [6.45, 7) is 6.75. The van der Waals surface area contributed by atoms with Gasteiger partial charge in [-0.2, -0.15) is 0 Å². The number of carbonyl (C=O) groups is 1. The van der Waals surface area contributed by atoms with Crippen LogP contribution in [-0.2, 0) is 4.79 Å². The molecular formula is C8H12N2O. The lowest BCUT2D eigenvalue weighted by atomic mass is 10.2. The predicted octanol–water partition coefficient (Wildman–Crippen LogP) is 1.02. The highest BCUT2D eigenvalue weighted by Crippen LogP contribution is 1.99. The maximum Gasteiger partial charge on any atom is 0.266 e. The largest absolute Gasteiger partial charge is 0.364 e. The van der Waals surface area contributed by atoms with Crippen LogP contribution >= 0.6 is 0 Å². The molecule has 0 aliphatic heterocycles. The molecule has 3 nitrogen and oxygen atoms in total. The fourth-order valence-electron chi connectivity index (χ4n) is 0.581. The Morgan fingerprint density at radius 3 is 2.55 bits per heavy atom. The Hall–Kier alpha value is -1.38.